The Labute approximate surface area is 104 Å². The Morgan fingerprint density at radius 3 is 2.94 bits per heavy atom. The molecule has 6 heteroatoms. The smallest absolute Gasteiger partial charge is 0.198 e. The van der Waals surface area contributed by atoms with Gasteiger partial charge in [-0.25, -0.2) is 9.38 Å². The van der Waals surface area contributed by atoms with Gasteiger partial charge in [0.25, 0.3) is 0 Å². The second-order valence-corrected chi connectivity index (χ2v) is 3.69. The molecule has 0 radical (unpaired) electrons. The van der Waals surface area contributed by atoms with Crippen LogP contribution in [0.5, 0.6) is 0 Å². The average Bonchev–Trinajstić information content (AvgIpc) is 2.69. The minimum Gasteiger partial charge on any atom is -0.301 e. The fourth-order valence-electron chi connectivity index (χ4n) is 1.48. The molecule has 0 fully saturated rings. The van der Waals surface area contributed by atoms with Gasteiger partial charge in [0, 0.05) is 6.21 Å². The van der Waals surface area contributed by atoms with E-state index in [0.29, 0.717) is 11.5 Å². The lowest BCUT2D eigenvalue weighted by molar-refractivity contribution is 0.628. The highest BCUT2D eigenvalue weighted by Crippen LogP contribution is 2.25. The molecule has 18 heavy (non-hydrogen) atoms. The largest absolute Gasteiger partial charge is 0.301 e. The maximum Gasteiger partial charge on any atom is 0.198 e. The quantitative estimate of drug-likeness (QED) is 0.574. The summed E-state index contributed by atoms with van der Waals surface area (Å²) >= 11 is 0. The fraction of sp³-hybridized carbons (Fsp3) is 0.167. The number of benzene rings is 1. The highest BCUT2D eigenvalue weighted by atomic mass is 19.1. The van der Waals surface area contributed by atoms with E-state index in [1.807, 2.05) is 13.8 Å². The van der Waals surface area contributed by atoms with Crippen LogP contribution in [0.3, 0.4) is 0 Å². The summed E-state index contributed by atoms with van der Waals surface area (Å²) in [5, 5.41) is 6.87. The molecule has 2 aromatic rings. The Balaban J connectivity index is 2.12. The van der Waals surface area contributed by atoms with Crippen LogP contribution in [-0.2, 0) is 0 Å². The number of nitrogens with one attached hydrogen (secondary N) is 3. The molecule has 0 spiro atoms. The first kappa shape index (κ1) is 12.1. The molecule has 0 saturated carbocycles. The van der Waals surface area contributed by atoms with Gasteiger partial charge in [0.1, 0.15) is 11.5 Å². The number of aliphatic imine (C=N–C) groups is 1. The summed E-state index contributed by atoms with van der Waals surface area (Å²) in [6.07, 6.45) is 1.66. The molecule has 1 aromatic carbocycles. The zero-order valence-electron chi connectivity index (χ0n) is 10.2. The van der Waals surface area contributed by atoms with E-state index in [1.54, 1.807) is 18.3 Å². The third-order valence-electron chi connectivity index (χ3n) is 2.34. The molecule has 1 heterocycles. The van der Waals surface area contributed by atoms with Crippen molar-refractivity contribution < 1.29 is 4.39 Å². The van der Waals surface area contributed by atoms with Gasteiger partial charge in [0.15, 0.2) is 5.82 Å². The highest BCUT2D eigenvalue weighted by Gasteiger charge is 2.08. The number of aromatic amines is 1. The van der Waals surface area contributed by atoms with Crippen molar-refractivity contribution in [3.8, 4) is 0 Å². The van der Waals surface area contributed by atoms with E-state index in [2.05, 4.69) is 26.0 Å². The minimum atomic E-state index is -0.294. The number of aryl methyl sites for hydroxylation is 1. The first-order valence-electron chi connectivity index (χ1n) is 5.52. The Bertz CT molecular complexity index is 561. The molecular weight excluding hydrogens is 233 g/mol. The van der Waals surface area contributed by atoms with E-state index in [4.69, 9.17) is 0 Å². The predicted octanol–water partition coefficient (Wildman–Crippen LogP) is 3.02. The van der Waals surface area contributed by atoms with Gasteiger partial charge in [-0.05, 0) is 32.0 Å². The van der Waals surface area contributed by atoms with Gasteiger partial charge < -0.3 is 5.43 Å². The summed E-state index contributed by atoms with van der Waals surface area (Å²) in [7, 11) is 0. The molecule has 0 aliphatic heterocycles. The molecule has 0 atom stereocenters. The summed E-state index contributed by atoms with van der Waals surface area (Å²) in [6, 6.07) is 6.17. The first-order chi connectivity index (χ1) is 8.70. The van der Waals surface area contributed by atoms with Gasteiger partial charge in [-0.2, -0.15) is 5.10 Å². The van der Waals surface area contributed by atoms with E-state index in [9.17, 15) is 4.39 Å². The van der Waals surface area contributed by atoms with E-state index in [0.717, 1.165) is 11.4 Å². The van der Waals surface area contributed by atoms with Crippen LogP contribution in [0, 0.1) is 12.7 Å². The predicted molar refractivity (Wildman–Crippen MR) is 70.8 cm³/mol. The van der Waals surface area contributed by atoms with Crippen LogP contribution < -0.4 is 10.9 Å². The first-order valence-corrected chi connectivity index (χ1v) is 5.52. The molecule has 0 aliphatic carbocycles. The normalized spacial score (nSPS) is 10.8. The molecule has 94 valence electrons. The number of aromatic nitrogens is 2. The lowest BCUT2D eigenvalue weighted by Gasteiger charge is -2.09. The Morgan fingerprint density at radius 1 is 1.39 bits per heavy atom. The van der Waals surface area contributed by atoms with Gasteiger partial charge in [0.2, 0.25) is 0 Å². The van der Waals surface area contributed by atoms with Crippen LogP contribution in [0.1, 0.15) is 12.6 Å². The third-order valence-corrected chi connectivity index (χ3v) is 2.34. The Kier molecular flexibility index (Phi) is 3.57. The Hall–Kier alpha value is -2.37. The van der Waals surface area contributed by atoms with Gasteiger partial charge in [0.05, 0.1) is 11.4 Å². The number of rotatable bonds is 4. The van der Waals surface area contributed by atoms with E-state index < -0.39 is 0 Å². The monoisotopic (exact) mass is 247 g/mol. The molecule has 0 amide bonds. The highest BCUT2D eigenvalue weighted by molar-refractivity contribution is 5.71. The maximum atomic E-state index is 13.0. The van der Waals surface area contributed by atoms with Crippen molar-refractivity contribution in [2.45, 2.75) is 13.8 Å². The average molecular weight is 247 g/mol. The number of anilines is 2. The van der Waals surface area contributed by atoms with Crippen molar-refractivity contribution in [2.24, 2.45) is 4.99 Å². The van der Waals surface area contributed by atoms with Crippen molar-refractivity contribution in [1.29, 1.82) is 0 Å². The maximum absolute atomic E-state index is 13.0. The summed E-state index contributed by atoms with van der Waals surface area (Å²) in [5.74, 6) is 0.261. The second-order valence-electron chi connectivity index (χ2n) is 3.69. The molecule has 3 N–H and O–H groups in total. The van der Waals surface area contributed by atoms with Crippen molar-refractivity contribution in [2.75, 3.05) is 10.9 Å². The number of nitrogens with zero attached hydrogens (tertiary/aromatic N) is 2. The number of hydrogen-bond donors (Lipinski definition) is 3. The van der Waals surface area contributed by atoms with Gasteiger partial charge in [-0.1, -0.05) is 6.07 Å². The molecule has 0 unspecified atom stereocenters. The summed E-state index contributed by atoms with van der Waals surface area (Å²) in [5.41, 5.74) is 8.08. The van der Waals surface area contributed by atoms with Gasteiger partial charge >= 0.3 is 0 Å². The van der Waals surface area contributed by atoms with E-state index in [1.165, 1.54) is 12.1 Å². The van der Waals surface area contributed by atoms with Crippen molar-refractivity contribution in [3.63, 3.8) is 0 Å². The van der Waals surface area contributed by atoms with Gasteiger partial charge in [-0.15, -0.1) is 0 Å². The minimum absolute atomic E-state index is 0.294. The SMILES string of the molecule is CC=Nc1n[nH]c(C)c1NNc1cccc(F)c1. The van der Waals surface area contributed by atoms with E-state index >= 15 is 0 Å². The lowest BCUT2D eigenvalue weighted by Crippen LogP contribution is -2.09. The number of hydrogen-bond acceptors (Lipinski definition) is 4. The van der Waals surface area contributed by atoms with Crippen molar-refractivity contribution >= 4 is 23.4 Å². The summed E-state index contributed by atoms with van der Waals surface area (Å²) in [4.78, 5) is 4.11. The van der Waals surface area contributed by atoms with Crippen molar-refractivity contribution in [1.82, 2.24) is 10.2 Å². The molecule has 2 rings (SSSR count). The van der Waals surface area contributed by atoms with Crippen LogP contribution in [0.2, 0.25) is 0 Å². The zero-order valence-corrected chi connectivity index (χ0v) is 10.2. The van der Waals surface area contributed by atoms with Crippen LogP contribution in [0.25, 0.3) is 0 Å². The number of H-pyrrole nitrogens is 1. The fourth-order valence-corrected chi connectivity index (χ4v) is 1.48. The molecule has 0 bridgehead atoms. The van der Waals surface area contributed by atoms with Crippen LogP contribution in [-0.4, -0.2) is 16.4 Å². The Morgan fingerprint density at radius 2 is 2.22 bits per heavy atom. The van der Waals surface area contributed by atoms with Crippen LogP contribution in [0.15, 0.2) is 29.3 Å². The molecule has 0 aliphatic rings. The molecule has 5 nitrogen and oxygen atoms in total. The van der Waals surface area contributed by atoms with Crippen molar-refractivity contribution in [3.05, 3.63) is 35.8 Å². The lowest BCUT2D eigenvalue weighted by atomic mass is 10.3. The molecule has 0 saturated heterocycles. The number of halogens is 1. The van der Waals surface area contributed by atoms with Gasteiger partial charge in [-0.3, -0.25) is 10.5 Å². The third kappa shape index (κ3) is 2.65. The zero-order chi connectivity index (χ0) is 13.0. The van der Waals surface area contributed by atoms with Crippen LogP contribution in [0.4, 0.5) is 21.6 Å². The molecular formula is C12H14FN5. The van der Waals surface area contributed by atoms with Crippen LogP contribution >= 0.6 is 0 Å². The molecule has 1 aromatic heterocycles. The second kappa shape index (κ2) is 5.31. The topological polar surface area (TPSA) is 65.1 Å². The summed E-state index contributed by atoms with van der Waals surface area (Å²) in [6.45, 7) is 3.69. The standard InChI is InChI=1S/C12H14FN5/c1-3-14-12-11(8(2)15-18-12)17-16-10-6-4-5-9(13)7-10/h3-7,16-17H,1-2H3,(H,15,18). The summed E-state index contributed by atoms with van der Waals surface area (Å²) < 4.78 is 13.0. The van der Waals surface area contributed by atoms with E-state index in [-0.39, 0.29) is 5.82 Å². The number of hydrazine groups is 1.